The number of amides is 1. The van der Waals surface area contributed by atoms with Crippen LogP contribution in [0.5, 0.6) is 0 Å². The second kappa shape index (κ2) is 8.14. The molecule has 0 unspecified atom stereocenters. The molecule has 3 heterocycles. The Labute approximate surface area is 175 Å². The lowest BCUT2D eigenvalue weighted by atomic mass is 9.94. The van der Waals surface area contributed by atoms with Crippen molar-refractivity contribution < 1.29 is 9.18 Å². The Bertz CT molecular complexity index is 1030. The number of benzene rings is 1. The van der Waals surface area contributed by atoms with E-state index in [-0.39, 0.29) is 23.2 Å². The molecular formula is C23H28FN5O. The highest BCUT2D eigenvalue weighted by Crippen LogP contribution is 2.28. The van der Waals surface area contributed by atoms with Crippen molar-refractivity contribution in [3.8, 4) is 11.1 Å². The molecule has 0 spiro atoms. The second-order valence-corrected chi connectivity index (χ2v) is 9.28. The third-order valence-corrected chi connectivity index (χ3v) is 5.46. The van der Waals surface area contributed by atoms with Crippen LogP contribution in [0, 0.1) is 11.2 Å². The topological polar surface area (TPSA) is 73.9 Å². The van der Waals surface area contributed by atoms with E-state index in [2.05, 4.69) is 46.2 Å². The molecule has 1 saturated heterocycles. The van der Waals surface area contributed by atoms with E-state index in [1.807, 2.05) is 0 Å². The van der Waals surface area contributed by atoms with Crippen LogP contribution in [0.3, 0.4) is 0 Å². The number of likely N-dealkylation sites (tertiary alicyclic amines) is 1. The molecule has 3 aromatic rings. The van der Waals surface area contributed by atoms with Crippen LogP contribution in [0.4, 0.5) is 4.39 Å². The van der Waals surface area contributed by atoms with Gasteiger partial charge in [-0.1, -0.05) is 26.8 Å². The molecule has 0 radical (unpaired) electrons. The van der Waals surface area contributed by atoms with E-state index in [4.69, 9.17) is 0 Å². The van der Waals surface area contributed by atoms with Crippen LogP contribution in [0.2, 0.25) is 0 Å². The zero-order chi connectivity index (χ0) is 21.3. The van der Waals surface area contributed by atoms with Crippen LogP contribution in [-0.2, 0) is 0 Å². The highest BCUT2D eigenvalue weighted by Gasteiger charge is 2.25. The summed E-state index contributed by atoms with van der Waals surface area (Å²) in [7, 11) is 0. The number of rotatable bonds is 4. The number of carbonyl (C=O) groups excluding carboxylic acids is 1. The summed E-state index contributed by atoms with van der Waals surface area (Å²) < 4.78 is 14.6. The molecule has 0 saturated carbocycles. The number of nitrogens with one attached hydrogen (secondary N) is 2. The molecule has 158 valence electrons. The van der Waals surface area contributed by atoms with Gasteiger partial charge < -0.3 is 10.2 Å². The van der Waals surface area contributed by atoms with Gasteiger partial charge in [0, 0.05) is 60.6 Å². The molecule has 0 aliphatic carbocycles. The van der Waals surface area contributed by atoms with Gasteiger partial charge in [-0.15, -0.1) is 0 Å². The van der Waals surface area contributed by atoms with Gasteiger partial charge in [0.15, 0.2) is 5.69 Å². The van der Waals surface area contributed by atoms with Gasteiger partial charge in [0.25, 0.3) is 5.91 Å². The van der Waals surface area contributed by atoms with E-state index in [9.17, 15) is 9.18 Å². The number of carbonyl (C=O) groups is 1. The van der Waals surface area contributed by atoms with E-state index >= 15 is 0 Å². The minimum absolute atomic E-state index is 0.124. The number of hydrogen-bond acceptors (Lipinski definition) is 4. The quantitative estimate of drug-likeness (QED) is 0.683. The fourth-order valence-electron chi connectivity index (χ4n) is 4.11. The minimum Gasteiger partial charge on any atom is -0.348 e. The largest absolute Gasteiger partial charge is 0.348 e. The molecule has 4 rings (SSSR count). The lowest BCUT2D eigenvalue weighted by Gasteiger charge is -2.36. The molecule has 1 fully saturated rings. The van der Waals surface area contributed by atoms with Crippen LogP contribution in [0.15, 0.2) is 36.7 Å². The predicted octanol–water partition coefficient (Wildman–Crippen LogP) is 4.00. The maximum absolute atomic E-state index is 14.6. The zero-order valence-corrected chi connectivity index (χ0v) is 17.7. The summed E-state index contributed by atoms with van der Waals surface area (Å²) in [4.78, 5) is 19.4. The maximum Gasteiger partial charge on any atom is 0.272 e. The summed E-state index contributed by atoms with van der Waals surface area (Å²) in [6.07, 6.45) is 5.08. The third-order valence-electron chi connectivity index (χ3n) is 5.46. The van der Waals surface area contributed by atoms with E-state index in [1.165, 1.54) is 6.07 Å². The lowest BCUT2D eigenvalue weighted by molar-refractivity contribution is 0.0892. The Kier molecular flexibility index (Phi) is 5.56. The smallest absolute Gasteiger partial charge is 0.272 e. The number of halogens is 1. The Hall–Kier alpha value is -2.80. The first kappa shape index (κ1) is 20.5. The third kappa shape index (κ3) is 4.51. The van der Waals surface area contributed by atoms with Gasteiger partial charge in [-0.3, -0.25) is 14.9 Å². The normalized spacial score (nSPS) is 16.1. The van der Waals surface area contributed by atoms with Gasteiger partial charge in [0.2, 0.25) is 0 Å². The van der Waals surface area contributed by atoms with Crippen LogP contribution in [0.25, 0.3) is 22.0 Å². The Balaban J connectivity index is 1.49. The number of H-pyrrole nitrogens is 1. The maximum atomic E-state index is 14.6. The van der Waals surface area contributed by atoms with Gasteiger partial charge in [0.1, 0.15) is 5.82 Å². The minimum atomic E-state index is -0.377. The number of aromatic nitrogens is 3. The van der Waals surface area contributed by atoms with Crippen LogP contribution in [-0.4, -0.2) is 51.7 Å². The number of fused-ring (bicyclic) bond motifs is 1. The summed E-state index contributed by atoms with van der Waals surface area (Å²) in [5.41, 5.74) is 2.14. The fraction of sp³-hybridized carbons (Fsp3) is 0.435. The van der Waals surface area contributed by atoms with Gasteiger partial charge in [-0.05, 0) is 30.4 Å². The first-order valence-corrected chi connectivity index (χ1v) is 10.4. The van der Waals surface area contributed by atoms with Crippen molar-refractivity contribution in [2.45, 2.75) is 39.7 Å². The van der Waals surface area contributed by atoms with Crippen LogP contribution >= 0.6 is 0 Å². The first-order chi connectivity index (χ1) is 14.3. The monoisotopic (exact) mass is 409 g/mol. The summed E-state index contributed by atoms with van der Waals surface area (Å²) >= 11 is 0. The summed E-state index contributed by atoms with van der Waals surface area (Å²) in [6.45, 7) is 9.73. The SMILES string of the molecule is CC(C)(C)CN1CCC(NC(=O)c2n[nH]c3cc(F)c(-c4cccnc4)cc23)CC1. The molecular weight excluding hydrogens is 381 g/mol. The van der Waals surface area contributed by atoms with Crippen molar-refractivity contribution in [3.05, 3.63) is 48.2 Å². The summed E-state index contributed by atoms with van der Waals surface area (Å²) in [6, 6.07) is 6.73. The van der Waals surface area contributed by atoms with Crippen molar-refractivity contribution in [2.75, 3.05) is 19.6 Å². The van der Waals surface area contributed by atoms with Gasteiger partial charge in [-0.25, -0.2) is 4.39 Å². The highest BCUT2D eigenvalue weighted by molar-refractivity contribution is 6.05. The predicted molar refractivity (Wildman–Crippen MR) is 116 cm³/mol. The van der Waals surface area contributed by atoms with E-state index in [0.717, 1.165) is 32.5 Å². The number of piperidine rings is 1. The van der Waals surface area contributed by atoms with E-state index in [1.54, 1.807) is 30.6 Å². The van der Waals surface area contributed by atoms with Crippen molar-refractivity contribution in [1.29, 1.82) is 0 Å². The van der Waals surface area contributed by atoms with Crippen molar-refractivity contribution in [2.24, 2.45) is 5.41 Å². The number of nitrogens with zero attached hydrogens (tertiary/aromatic N) is 3. The van der Waals surface area contributed by atoms with E-state index < -0.39 is 0 Å². The average molecular weight is 410 g/mol. The van der Waals surface area contributed by atoms with Crippen molar-refractivity contribution in [3.63, 3.8) is 0 Å². The van der Waals surface area contributed by atoms with Crippen molar-refractivity contribution >= 4 is 16.8 Å². The molecule has 0 bridgehead atoms. The Morgan fingerprint density at radius 3 is 2.73 bits per heavy atom. The first-order valence-electron chi connectivity index (χ1n) is 10.4. The molecule has 0 atom stereocenters. The van der Waals surface area contributed by atoms with Crippen molar-refractivity contribution in [1.82, 2.24) is 25.4 Å². The van der Waals surface area contributed by atoms with Gasteiger partial charge in [-0.2, -0.15) is 5.10 Å². The average Bonchev–Trinajstić information content (AvgIpc) is 3.11. The summed E-state index contributed by atoms with van der Waals surface area (Å²) in [5, 5.41) is 10.7. The Morgan fingerprint density at radius 1 is 1.30 bits per heavy atom. The fourth-order valence-corrected chi connectivity index (χ4v) is 4.11. The zero-order valence-electron chi connectivity index (χ0n) is 17.7. The molecule has 7 heteroatoms. The van der Waals surface area contributed by atoms with Gasteiger partial charge >= 0.3 is 0 Å². The van der Waals surface area contributed by atoms with E-state index in [0.29, 0.717) is 27.7 Å². The summed E-state index contributed by atoms with van der Waals surface area (Å²) in [5.74, 6) is -0.600. The number of pyridine rings is 1. The molecule has 1 amide bonds. The van der Waals surface area contributed by atoms with Crippen LogP contribution < -0.4 is 5.32 Å². The molecule has 2 N–H and O–H groups in total. The second-order valence-electron chi connectivity index (χ2n) is 9.28. The number of aromatic amines is 1. The van der Waals surface area contributed by atoms with Crippen LogP contribution in [0.1, 0.15) is 44.1 Å². The molecule has 6 nitrogen and oxygen atoms in total. The molecule has 1 aliphatic rings. The standard InChI is InChI=1S/C23H28FN5O/c1-23(2,3)14-29-9-6-16(7-10-29)26-22(30)21-18-11-17(15-5-4-8-25-13-15)19(24)12-20(18)27-28-21/h4-5,8,11-13,16H,6-7,9-10,14H2,1-3H3,(H,26,30)(H,27,28). The molecule has 1 aliphatic heterocycles. The molecule has 1 aromatic carbocycles. The molecule has 2 aromatic heterocycles. The number of hydrogen-bond donors (Lipinski definition) is 2. The van der Waals surface area contributed by atoms with Gasteiger partial charge in [0.05, 0.1) is 5.52 Å². The Morgan fingerprint density at radius 2 is 2.07 bits per heavy atom. The molecule has 30 heavy (non-hydrogen) atoms. The highest BCUT2D eigenvalue weighted by atomic mass is 19.1. The lowest BCUT2D eigenvalue weighted by Crippen LogP contribution is -2.46.